The molecule has 1 aromatic carbocycles. The number of hydrogen-bond acceptors (Lipinski definition) is 5. The van der Waals surface area contributed by atoms with Crippen LogP contribution in [0.3, 0.4) is 0 Å². The summed E-state index contributed by atoms with van der Waals surface area (Å²) in [6, 6.07) is 6.98. The molecule has 0 aliphatic carbocycles. The summed E-state index contributed by atoms with van der Waals surface area (Å²) in [6.07, 6.45) is 3.24. The van der Waals surface area contributed by atoms with E-state index in [1.165, 1.54) is 12.1 Å². The fraction of sp³-hybridized carbons (Fsp3) is 0.294. The number of allylic oxidation sites excluding steroid dienone is 1. The molecule has 0 unspecified atom stereocenters. The van der Waals surface area contributed by atoms with E-state index >= 15 is 0 Å². The topological polar surface area (TPSA) is 66.8 Å². The molecule has 0 atom stereocenters. The molecule has 1 aromatic heterocycles. The van der Waals surface area contributed by atoms with Crippen LogP contribution in [0.2, 0.25) is 0 Å². The minimum absolute atomic E-state index is 0.185. The van der Waals surface area contributed by atoms with Crippen molar-refractivity contribution < 1.29 is 19.0 Å². The molecule has 23 heavy (non-hydrogen) atoms. The van der Waals surface area contributed by atoms with E-state index in [9.17, 15) is 9.59 Å². The molecular weight excluding hydrogens is 298 g/mol. The minimum atomic E-state index is -0.432. The van der Waals surface area contributed by atoms with Crippen molar-refractivity contribution in [2.75, 3.05) is 20.3 Å². The molecule has 0 radical (unpaired) electrons. The lowest BCUT2D eigenvalue weighted by Gasteiger charge is -2.16. The smallest absolute Gasteiger partial charge is 0.251 e. The minimum Gasteiger partial charge on any atom is -0.497 e. The summed E-state index contributed by atoms with van der Waals surface area (Å²) in [5, 5.41) is 0.849. The van der Waals surface area contributed by atoms with Crippen molar-refractivity contribution in [3.05, 3.63) is 46.3 Å². The van der Waals surface area contributed by atoms with E-state index in [1.807, 2.05) is 12.1 Å². The van der Waals surface area contributed by atoms with Crippen molar-refractivity contribution in [1.29, 1.82) is 0 Å². The molecular formula is C17H17NO5. The van der Waals surface area contributed by atoms with Crippen LogP contribution in [0.5, 0.6) is 5.75 Å². The third-order valence-corrected chi connectivity index (χ3v) is 3.73. The van der Waals surface area contributed by atoms with Crippen LogP contribution in [0.4, 0.5) is 0 Å². The second-order valence-electron chi connectivity index (χ2n) is 5.10. The second kappa shape index (κ2) is 6.76. The fourth-order valence-corrected chi connectivity index (χ4v) is 2.64. The maximum atomic E-state index is 12.5. The Bertz CT molecular complexity index is 802. The number of nitrogens with zero attached hydrogens (tertiary/aromatic N) is 1. The highest BCUT2D eigenvalue weighted by molar-refractivity contribution is 5.91. The Labute approximate surface area is 132 Å². The first-order valence-electron chi connectivity index (χ1n) is 7.29. The van der Waals surface area contributed by atoms with Gasteiger partial charge in [0.05, 0.1) is 32.4 Å². The van der Waals surface area contributed by atoms with E-state index in [1.54, 1.807) is 23.8 Å². The average Bonchev–Trinajstić information content (AvgIpc) is 3.08. The van der Waals surface area contributed by atoms with Gasteiger partial charge in [0.2, 0.25) is 0 Å². The molecule has 6 heteroatoms. The normalized spacial score (nSPS) is 15.5. The number of aromatic nitrogens is 1. The SMILES string of the molecule is COc1ccc2c(/C=C/C=O)cc(=O)n(CC3OCCO3)c2c1. The predicted octanol–water partition coefficient (Wildman–Crippen LogP) is 1.60. The van der Waals surface area contributed by atoms with Crippen LogP contribution < -0.4 is 10.3 Å². The van der Waals surface area contributed by atoms with Crippen LogP contribution in [-0.4, -0.2) is 37.5 Å². The van der Waals surface area contributed by atoms with Crippen LogP contribution in [0.1, 0.15) is 5.56 Å². The Hall–Kier alpha value is -2.44. The Kier molecular flexibility index (Phi) is 4.55. The van der Waals surface area contributed by atoms with Gasteiger partial charge in [-0.1, -0.05) is 6.08 Å². The first kappa shape index (κ1) is 15.5. The molecule has 1 fully saturated rings. The number of pyridine rings is 1. The van der Waals surface area contributed by atoms with Gasteiger partial charge in [-0.25, -0.2) is 0 Å². The molecule has 0 N–H and O–H groups in total. The number of aldehydes is 1. The van der Waals surface area contributed by atoms with Gasteiger partial charge in [0, 0.05) is 17.5 Å². The van der Waals surface area contributed by atoms with Crippen LogP contribution in [0.15, 0.2) is 35.1 Å². The number of benzene rings is 1. The van der Waals surface area contributed by atoms with Gasteiger partial charge in [-0.2, -0.15) is 0 Å². The van der Waals surface area contributed by atoms with Crippen molar-refractivity contribution in [3.63, 3.8) is 0 Å². The highest BCUT2D eigenvalue weighted by Gasteiger charge is 2.19. The van der Waals surface area contributed by atoms with Crippen molar-refractivity contribution in [1.82, 2.24) is 4.57 Å². The lowest BCUT2D eigenvalue weighted by Crippen LogP contribution is -2.27. The van der Waals surface area contributed by atoms with Gasteiger partial charge in [0.25, 0.3) is 5.56 Å². The monoisotopic (exact) mass is 315 g/mol. The molecule has 120 valence electrons. The summed E-state index contributed by atoms with van der Waals surface area (Å²) in [7, 11) is 1.57. The number of rotatable bonds is 5. The van der Waals surface area contributed by atoms with Crippen molar-refractivity contribution in [3.8, 4) is 5.75 Å². The maximum Gasteiger partial charge on any atom is 0.251 e. The van der Waals surface area contributed by atoms with Crippen LogP contribution in [0.25, 0.3) is 17.0 Å². The van der Waals surface area contributed by atoms with Crippen LogP contribution >= 0.6 is 0 Å². The standard InChI is InChI=1S/C17H17NO5/c1-21-13-4-5-14-12(3-2-6-19)9-16(20)18(15(14)10-13)11-17-22-7-8-23-17/h2-6,9-10,17H,7-8,11H2,1H3/b3-2+. The number of hydrogen-bond donors (Lipinski definition) is 0. The summed E-state index contributed by atoms with van der Waals surface area (Å²) in [6.45, 7) is 1.36. The van der Waals surface area contributed by atoms with E-state index < -0.39 is 6.29 Å². The van der Waals surface area contributed by atoms with Gasteiger partial charge in [-0.15, -0.1) is 0 Å². The van der Waals surface area contributed by atoms with Crippen LogP contribution in [-0.2, 0) is 20.8 Å². The number of carbonyl (C=O) groups is 1. The molecule has 0 saturated carbocycles. The second-order valence-corrected chi connectivity index (χ2v) is 5.10. The molecule has 0 bridgehead atoms. The molecule has 6 nitrogen and oxygen atoms in total. The van der Waals surface area contributed by atoms with Gasteiger partial charge in [-0.3, -0.25) is 9.59 Å². The Balaban J connectivity index is 2.17. The molecule has 2 heterocycles. The number of methoxy groups -OCH3 is 1. The number of carbonyl (C=O) groups excluding carboxylic acids is 1. The van der Waals surface area contributed by atoms with Gasteiger partial charge < -0.3 is 18.8 Å². The zero-order valence-electron chi connectivity index (χ0n) is 12.7. The van der Waals surface area contributed by atoms with Gasteiger partial charge in [0.15, 0.2) is 6.29 Å². The summed E-state index contributed by atoms with van der Waals surface area (Å²) >= 11 is 0. The first-order chi connectivity index (χ1) is 11.2. The van der Waals surface area contributed by atoms with Crippen LogP contribution in [0, 0.1) is 0 Å². The fourth-order valence-electron chi connectivity index (χ4n) is 2.64. The molecule has 1 aliphatic rings. The molecule has 1 aliphatic heterocycles. The molecule has 0 amide bonds. The van der Waals surface area contributed by atoms with E-state index in [0.29, 0.717) is 42.9 Å². The average molecular weight is 315 g/mol. The lowest BCUT2D eigenvalue weighted by atomic mass is 10.1. The summed E-state index contributed by atoms with van der Waals surface area (Å²) in [5.74, 6) is 0.649. The summed E-state index contributed by atoms with van der Waals surface area (Å²) in [4.78, 5) is 23.1. The van der Waals surface area contributed by atoms with E-state index in [2.05, 4.69) is 0 Å². The first-order valence-corrected chi connectivity index (χ1v) is 7.29. The highest BCUT2D eigenvalue weighted by atomic mass is 16.7. The molecule has 1 saturated heterocycles. The summed E-state index contributed by atoms with van der Waals surface area (Å²) in [5.41, 5.74) is 1.21. The van der Waals surface area contributed by atoms with Gasteiger partial charge >= 0.3 is 0 Å². The van der Waals surface area contributed by atoms with E-state index in [4.69, 9.17) is 14.2 Å². The maximum absolute atomic E-state index is 12.5. The number of ether oxygens (including phenoxy) is 3. The Morgan fingerprint density at radius 3 is 2.78 bits per heavy atom. The van der Waals surface area contributed by atoms with Crippen molar-refractivity contribution in [2.45, 2.75) is 12.8 Å². The third-order valence-electron chi connectivity index (χ3n) is 3.73. The highest BCUT2D eigenvalue weighted by Crippen LogP contribution is 2.24. The zero-order valence-corrected chi connectivity index (χ0v) is 12.7. The van der Waals surface area contributed by atoms with E-state index in [0.717, 1.165) is 5.39 Å². The Morgan fingerprint density at radius 1 is 1.30 bits per heavy atom. The molecule has 3 rings (SSSR count). The third kappa shape index (κ3) is 3.18. The Morgan fingerprint density at radius 2 is 2.09 bits per heavy atom. The van der Waals surface area contributed by atoms with Gasteiger partial charge in [0.1, 0.15) is 12.0 Å². The van der Waals surface area contributed by atoms with Gasteiger partial charge in [-0.05, 0) is 23.8 Å². The molecule has 0 spiro atoms. The number of fused-ring (bicyclic) bond motifs is 1. The van der Waals surface area contributed by atoms with E-state index in [-0.39, 0.29) is 5.56 Å². The lowest BCUT2D eigenvalue weighted by molar-refractivity contribution is -0.104. The quantitative estimate of drug-likeness (QED) is 0.619. The van der Waals surface area contributed by atoms with Crippen molar-refractivity contribution in [2.24, 2.45) is 0 Å². The zero-order chi connectivity index (χ0) is 16.2. The molecule has 2 aromatic rings. The predicted molar refractivity (Wildman–Crippen MR) is 85.6 cm³/mol. The van der Waals surface area contributed by atoms with Crippen molar-refractivity contribution >= 4 is 23.3 Å². The summed E-state index contributed by atoms with van der Waals surface area (Å²) < 4.78 is 17.7. The largest absolute Gasteiger partial charge is 0.497 e.